The molecule has 0 heterocycles. The summed E-state index contributed by atoms with van der Waals surface area (Å²) in [6, 6.07) is 11.9. The summed E-state index contributed by atoms with van der Waals surface area (Å²) >= 11 is 0. The molecule has 0 aliphatic carbocycles. The predicted octanol–water partition coefficient (Wildman–Crippen LogP) is 1.46. The molecule has 126 valence electrons. The number of amides is 2. The second-order valence-corrected chi connectivity index (χ2v) is 6.52. The Hall–Kier alpha value is -2.91. The first kappa shape index (κ1) is 17.4. The maximum Gasteiger partial charge on any atom is 0.339 e. The van der Waals surface area contributed by atoms with Gasteiger partial charge < -0.3 is 11.1 Å². The van der Waals surface area contributed by atoms with Crippen molar-refractivity contribution in [2.75, 3.05) is 11.1 Å². The van der Waals surface area contributed by atoms with Crippen molar-refractivity contribution in [3.05, 3.63) is 54.1 Å². The summed E-state index contributed by atoms with van der Waals surface area (Å²) in [7, 11) is -3.76. The van der Waals surface area contributed by atoms with E-state index in [0.29, 0.717) is 17.1 Å². The maximum absolute atomic E-state index is 11.8. The Morgan fingerprint density at radius 2 is 1.62 bits per heavy atom. The van der Waals surface area contributed by atoms with Crippen molar-refractivity contribution in [1.29, 1.82) is 0 Å². The molecule has 0 saturated carbocycles. The molecule has 2 aromatic carbocycles. The molecule has 0 aromatic heterocycles. The number of primary sulfonamides is 1. The van der Waals surface area contributed by atoms with Gasteiger partial charge in [0, 0.05) is 11.4 Å². The second-order valence-electron chi connectivity index (χ2n) is 4.95. The lowest BCUT2D eigenvalue weighted by Crippen LogP contribution is -2.25. The third-order valence-electron chi connectivity index (χ3n) is 3.09. The van der Waals surface area contributed by atoms with Crippen LogP contribution in [0.4, 0.5) is 16.2 Å². The summed E-state index contributed by atoms with van der Waals surface area (Å²) in [6.45, 7) is 1.74. The van der Waals surface area contributed by atoms with E-state index in [0.717, 1.165) is 5.56 Å². The number of nitrogen functional groups attached to an aromatic ring is 1. The van der Waals surface area contributed by atoms with Crippen LogP contribution < -0.4 is 21.6 Å². The van der Waals surface area contributed by atoms with Crippen LogP contribution in [0, 0.1) is 0 Å². The summed E-state index contributed by atoms with van der Waals surface area (Å²) in [5.74, 6) is 0. The smallest absolute Gasteiger partial charge is 0.339 e. The topological polar surface area (TPSA) is 140 Å². The molecule has 0 fully saturated rings. The summed E-state index contributed by atoms with van der Waals surface area (Å²) < 4.78 is 22.3. The zero-order chi connectivity index (χ0) is 17.7. The SMILES string of the molecule is C/C(=N\NC(=O)Nc1ccc(S(N)(=O)=O)cc1)c1ccc(N)cc1. The zero-order valence-electron chi connectivity index (χ0n) is 12.9. The molecule has 6 N–H and O–H groups in total. The van der Waals surface area contributed by atoms with Crippen LogP contribution in [0.3, 0.4) is 0 Å². The quantitative estimate of drug-likeness (QED) is 0.377. The Bertz CT molecular complexity index is 859. The molecular formula is C15H17N5O3S. The first-order chi connectivity index (χ1) is 11.3. The zero-order valence-corrected chi connectivity index (χ0v) is 13.7. The van der Waals surface area contributed by atoms with Crippen LogP contribution in [0.2, 0.25) is 0 Å². The highest BCUT2D eigenvalue weighted by Crippen LogP contribution is 2.12. The molecular weight excluding hydrogens is 330 g/mol. The average Bonchev–Trinajstić information content (AvgIpc) is 2.53. The number of sulfonamides is 1. The van der Waals surface area contributed by atoms with Crippen molar-refractivity contribution in [3.63, 3.8) is 0 Å². The van der Waals surface area contributed by atoms with Crippen LogP contribution in [0.25, 0.3) is 0 Å². The fraction of sp³-hybridized carbons (Fsp3) is 0.0667. The second kappa shape index (κ2) is 7.11. The molecule has 0 radical (unpaired) electrons. The summed E-state index contributed by atoms with van der Waals surface area (Å²) in [5, 5.41) is 11.5. The lowest BCUT2D eigenvalue weighted by Gasteiger charge is -2.06. The van der Waals surface area contributed by atoms with Gasteiger partial charge in [-0.25, -0.2) is 23.8 Å². The van der Waals surface area contributed by atoms with E-state index in [-0.39, 0.29) is 4.90 Å². The van der Waals surface area contributed by atoms with Gasteiger partial charge in [0.15, 0.2) is 0 Å². The van der Waals surface area contributed by atoms with Crippen molar-refractivity contribution in [2.45, 2.75) is 11.8 Å². The van der Waals surface area contributed by atoms with Gasteiger partial charge in [-0.15, -0.1) is 0 Å². The van der Waals surface area contributed by atoms with Gasteiger partial charge in [0.1, 0.15) is 0 Å². The number of hydrogen-bond acceptors (Lipinski definition) is 5. The molecule has 24 heavy (non-hydrogen) atoms. The van der Waals surface area contributed by atoms with E-state index in [9.17, 15) is 13.2 Å². The fourth-order valence-corrected chi connectivity index (χ4v) is 2.33. The van der Waals surface area contributed by atoms with Gasteiger partial charge in [0.2, 0.25) is 10.0 Å². The van der Waals surface area contributed by atoms with Gasteiger partial charge in [-0.2, -0.15) is 5.10 Å². The van der Waals surface area contributed by atoms with Crippen LogP contribution in [-0.4, -0.2) is 20.2 Å². The lowest BCUT2D eigenvalue weighted by molar-refractivity contribution is 0.252. The number of anilines is 2. The van der Waals surface area contributed by atoms with Gasteiger partial charge in [0.05, 0.1) is 10.6 Å². The molecule has 9 heteroatoms. The van der Waals surface area contributed by atoms with E-state index in [1.165, 1.54) is 24.3 Å². The van der Waals surface area contributed by atoms with Gasteiger partial charge >= 0.3 is 6.03 Å². The Labute approximate surface area is 139 Å². The fourth-order valence-electron chi connectivity index (χ4n) is 1.81. The first-order valence-corrected chi connectivity index (χ1v) is 8.40. The first-order valence-electron chi connectivity index (χ1n) is 6.86. The van der Waals surface area contributed by atoms with E-state index in [2.05, 4.69) is 15.8 Å². The minimum absolute atomic E-state index is 0.0364. The van der Waals surface area contributed by atoms with Gasteiger partial charge in [-0.1, -0.05) is 12.1 Å². The summed E-state index contributed by atoms with van der Waals surface area (Å²) in [4.78, 5) is 11.8. The Morgan fingerprint density at radius 1 is 1.04 bits per heavy atom. The van der Waals surface area contributed by atoms with Gasteiger partial charge in [-0.05, 0) is 48.9 Å². The van der Waals surface area contributed by atoms with Crippen molar-refractivity contribution < 1.29 is 13.2 Å². The van der Waals surface area contributed by atoms with Crippen molar-refractivity contribution >= 4 is 33.1 Å². The van der Waals surface area contributed by atoms with Gasteiger partial charge in [-0.3, -0.25) is 0 Å². The molecule has 0 aliphatic rings. The number of nitrogens with zero attached hydrogens (tertiary/aromatic N) is 1. The van der Waals surface area contributed by atoms with Crippen molar-refractivity contribution in [3.8, 4) is 0 Å². The Kier molecular flexibility index (Phi) is 5.17. The number of hydrazone groups is 1. The van der Waals surface area contributed by atoms with E-state index in [4.69, 9.17) is 10.9 Å². The molecule has 0 aliphatic heterocycles. The summed E-state index contributed by atoms with van der Waals surface area (Å²) in [5.41, 5.74) is 10.4. The number of benzene rings is 2. The molecule has 2 amide bonds. The van der Waals surface area contributed by atoms with E-state index >= 15 is 0 Å². The van der Waals surface area contributed by atoms with Crippen LogP contribution in [-0.2, 0) is 10.0 Å². The van der Waals surface area contributed by atoms with Crippen LogP contribution in [0.15, 0.2) is 58.5 Å². The number of hydrogen-bond donors (Lipinski definition) is 4. The number of carbonyl (C=O) groups excluding carboxylic acids is 1. The van der Waals surface area contributed by atoms with Crippen molar-refractivity contribution in [2.24, 2.45) is 10.2 Å². The van der Waals surface area contributed by atoms with Crippen LogP contribution in [0.1, 0.15) is 12.5 Å². The molecule has 0 spiro atoms. The number of nitrogens with two attached hydrogens (primary N) is 2. The molecule has 0 bridgehead atoms. The highest BCUT2D eigenvalue weighted by Gasteiger charge is 2.08. The largest absolute Gasteiger partial charge is 0.399 e. The Balaban J connectivity index is 1.98. The van der Waals surface area contributed by atoms with Crippen LogP contribution >= 0.6 is 0 Å². The molecule has 2 rings (SSSR count). The molecule has 0 unspecified atom stereocenters. The third kappa shape index (κ3) is 4.80. The van der Waals surface area contributed by atoms with E-state index < -0.39 is 16.1 Å². The van der Waals surface area contributed by atoms with E-state index in [1.54, 1.807) is 31.2 Å². The normalized spacial score (nSPS) is 11.8. The molecule has 2 aromatic rings. The number of nitrogens with one attached hydrogen (secondary N) is 2. The summed E-state index contributed by atoms with van der Waals surface area (Å²) in [6.07, 6.45) is 0. The maximum atomic E-state index is 11.8. The number of urea groups is 1. The highest BCUT2D eigenvalue weighted by molar-refractivity contribution is 7.89. The number of rotatable bonds is 4. The predicted molar refractivity (Wildman–Crippen MR) is 93.0 cm³/mol. The molecule has 0 atom stereocenters. The van der Waals surface area contributed by atoms with Crippen molar-refractivity contribution in [1.82, 2.24) is 5.43 Å². The highest BCUT2D eigenvalue weighted by atomic mass is 32.2. The molecule has 0 saturated heterocycles. The van der Waals surface area contributed by atoms with Crippen LogP contribution in [0.5, 0.6) is 0 Å². The monoisotopic (exact) mass is 347 g/mol. The average molecular weight is 347 g/mol. The number of carbonyl (C=O) groups is 1. The standard InChI is InChI=1S/C15H17N5O3S/c1-10(11-2-4-12(16)5-3-11)19-20-15(21)18-13-6-8-14(9-7-13)24(17,22)23/h2-9H,16H2,1H3,(H2,17,22,23)(H2,18,20,21)/b19-10+. The minimum Gasteiger partial charge on any atom is -0.399 e. The minimum atomic E-state index is -3.76. The Morgan fingerprint density at radius 3 is 2.17 bits per heavy atom. The van der Waals surface area contributed by atoms with E-state index in [1.807, 2.05) is 0 Å². The lowest BCUT2D eigenvalue weighted by atomic mass is 10.1. The molecule has 8 nitrogen and oxygen atoms in total. The third-order valence-corrected chi connectivity index (χ3v) is 4.02. The van der Waals surface area contributed by atoms with Gasteiger partial charge in [0.25, 0.3) is 0 Å².